The Labute approximate surface area is 146 Å². The summed E-state index contributed by atoms with van der Waals surface area (Å²) >= 11 is 0. The minimum absolute atomic E-state index is 0.0452. The molecule has 124 valence electrons. The second-order valence-electron chi connectivity index (χ2n) is 6.48. The number of aryl methyl sites for hydroxylation is 2. The predicted octanol–water partition coefficient (Wildman–Crippen LogP) is 5.38. The lowest BCUT2D eigenvalue weighted by Gasteiger charge is -2.06. The second-order valence-corrected chi connectivity index (χ2v) is 6.48. The van der Waals surface area contributed by atoms with Gasteiger partial charge in [-0.25, -0.2) is 0 Å². The molecule has 0 fully saturated rings. The Hall–Kier alpha value is -3.07. The Bertz CT molecular complexity index is 1090. The van der Waals surface area contributed by atoms with E-state index in [1.807, 2.05) is 42.5 Å². The van der Waals surface area contributed by atoms with E-state index in [0.717, 1.165) is 33.0 Å². The first-order chi connectivity index (χ1) is 12.1. The Morgan fingerprint density at radius 2 is 1.72 bits per heavy atom. The van der Waals surface area contributed by atoms with Crippen LogP contribution in [0.15, 0.2) is 65.3 Å². The number of carbonyl (C=O) groups excluding carboxylic acids is 1. The summed E-state index contributed by atoms with van der Waals surface area (Å²) < 4.78 is 5.61. The van der Waals surface area contributed by atoms with Crippen molar-refractivity contribution in [1.29, 1.82) is 0 Å². The van der Waals surface area contributed by atoms with Gasteiger partial charge in [0.05, 0.1) is 12.7 Å². The van der Waals surface area contributed by atoms with Crippen LogP contribution in [0.25, 0.3) is 21.7 Å². The molecule has 0 atom stereocenters. The number of benzene rings is 3. The lowest BCUT2D eigenvalue weighted by atomic mass is 10.0. The minimum atomic E-state index is -0.0452. The van der Waals surface area contributed by atoms with Gasteiger partial charge in [0.25, 0.3) is 0 Å². The van der Waals surface area contributed by atoms with E-state index in [0.29, 0.717) is 6.42 Å². The van der Waals surface area contributed by atoms with Crippen LogP contribution in [0.5, 0.6) is 0 Å². The third-order valence-electron chi connectivity index (χ3n) is 4.65. The summed E-state index contributed by atoms with van der Waals surface area (Å²) in [7, 11) is 0. The zero-order valence-electron chi connectivity index (χ0n) is 14.3. The molecule has 3 heteroatoms. The Balaban J connectivity index is 1.56. The predicted molar refractivity (Wildman–Crippen MR) is 102 cm³/mol. The summed E-state index contributed by atoms with van der Waals surface area (Å²) in [6.07, 6.45) is 1.98. The molecule has 1 amide bonds. The molecular weight excluding hydrogens is 310 g/mol. The number of amides is 1. The normalized spacial score (nSPS) is 11.1. The summed E-state index contributed by atoms with van der Waals surface area (Å²) in [5.74, 6) is -0.0452. The summed E-state index contributed by atoms with van der Waals surface area (Å²) in [6, 6.07) is 18.2. The maximum Gasteiger partial charge on any atom is 0.228 e. The molecule has 3 nitrogen and oxygen atoms in total. The number of hydrogen-bond acceptors (Lipinski definition) is 2. The first kappa shape index (κ1) is 15.5. The first-order valence-electron chi connectivity index (χ1n) is 8.36. The summed E-state index contributed by atoms with van der Waals surface area (Å²) in [5.41, 5.74) is 4.94. The van der Waals surface area contributed by atoms with Gasteiger partial charge in [0.1, 0.15) is 5.58 Å². The third kappa shape index (κ3) is 3.01. The topological polar surface area (TPSA) is 42.2 Å². The number of furan rings is 1. The lowest BCUT2D eigenvalue weighted by molar-refractivity contribution is -0.115. The molecule has 0 aliphatic rings. The Morgan fingerprint density at radius 3 is 2.56 bits per heavy atom. The highest BCUT2D eigenvalue weighted by atomic mass is 16.3. The van der Waals surface area contributed by atoms with Gasteiger partial charge in [0.2, 0.25) is 5.91 Å². The zero-order valence-corrected chi connectivity index (χ0v) is 14.3. The fourth-order valence-corrected chi connectivity index (χ4v) is 3.12. The molecule has 1 aromatic heterocycles. The molecule has 0 spiro atoms. The average molecular weight is 329 g/mol. The molecule has 4 rings (SSSR count). The molecule has 0 saturated carbocycles. The number of hydrogen-bond donors (Lipinski definition) is 1. The van der Waals surface area contributed by atoms with E-state index in [4.69, 9.17) is 4.42 Å². The van der Waals surface area contributed by atoms with Crippen molar-refractivity contribution in [3.63, 3.8) is 0 Å². The van der Waals surface area contributed by atoms with Crippen LogP contribution in [0.3, 0.4) is 0 Å². The number of anilines is 1. The van der Waals surface area contributed by atoms with E-state index < -0.39 is 0 Å². The molecule has 0 unspecified atom stereocenters. The molecule has 0 bridgehead atoms. The second kappa shape index (κ2) is 6.10. The van der Waals surface area contributed by atoms with E-state index >= 15 is 0 Å². The molecule has 0 aliphatic carbocycles. The van der Waals surface area contributed by atoms with Gasteiger partial charge in [-0.1, -0.05) is 30.3 Å². The van der Waals surface area contributed by atoms with E-state index in [-0.39, 0.29) is 5.91 Å². The van der Waals surface area contributed by atoms with Gasteiger partial charge < -0.3 is 9.73 Å². The molecule has 0 aliphatic heterocycles. The highest BCUT2D eigenvalue weighted by Crippen LogP contribution is 2.25. The van der Waals surface area contributed by atoms with Crippen LogP contribution in [0.4, 0.5) is 5.69 Å². The van der Waals surface area contributed by atoms with Gasteiger partial charge in [0, 0.05) is 16.6 Å². The van der Waals surface area contributed by atoms with Crippen molar-refractivity contribution in [2.45, 2.75) is 20.3 Å². The average Bonchev–Trinajstić information content (AvgIpc) is 2.97. The molecule has 0 saturated heterocycles. The van der Waals surface area contributed by atoms with Crippen LogP contribution in [0.1, 0.15) is 16.7 Å². The van der Waals surface area contributed by atoms with Gasteiger partial charge >= 0.3 is 0 Å². The molecule has 3 aromatic carbocycles. The van der Waals surface area contributed by atoms with Crippen LogP contribution in [0, 0.1) is 13.8 Å². The van der Waals surface area contributed by atoms with Gasteiger partial charge in [-0.15, -0.1) is 0 Å². The largest absolute Gasteiger partial charge is 0.464 e. The fourth-order valence-electron chi connectivity index (χ4n) is 3.12. The van der Waals surface area contributed by atoms with Crippen LogP contribution < -0.4 is 5.32 Å². The molecule has 25 heavy (non-hydrogen) atoms. The SMILES string of the molecule is Cc1cc2occ(CC(=O)Nc3ccc4ccccc4c3)c2cc1C. The van der Waals surface area contributed by atoms with E-state index in [1.165, 1.54) is 11.1 Å². The molecule has 1 heterocycles. The number of fused-ring (bicyclic) bond motifs is 2. The Kier molecular flexibility index (Phi) is 3.77. The summed E-state index contributed by atoms with van der Waals surface area (Å²) in [6.45, 7) is 4.13. The maximum absolute atomic E-state index is 12.5. The van der Waals surface area contributed by atoms with Crippen LogP contribution in [0.2, 0.25) is 0 Å². The molecule has 1 N–H and O–H groups in total. The van der Waals surface area contributed by atoms with E-state index in [1.54, 1.807) is 6.26 Å². The van der Waals surface area contributed by atoms with Crippen molar-refractivity contribution < 1.29 is 9.21 Å². The highest BCUT2D eigenvalue weighted by Gasteiger charge is 2.12. The van der Waals surface area contributed by atoms with Gasteiger partial charge in [-0.2, -0.15) is 0 Å². The fraction of sp³-hybridized carbons (Fsp3) is 0.136. The smallest absolute Gasteiger partial charge is 0.228 e. The standard InChI is InChI=1S/C22H19NO2/c1-14-9-20-18(13-25-21(20)10-15(14)2)12-22(24)23-19-8-7-16-5-3-4-6-17(16)11-19/h3-11,13H,12H2,1-2H3,(H,23,24). The van der Waals surface area contributed by atoms with Crippen molar-refractivity contribution >= 4 is 33.3 Å². The summed E-state index contributed by atoms with van der Waals surface area (Å²) in [5, 5.41) is 6.26. The van der Waals surface area contributed by atoms with Crippen molar-refractivity contribution in [3.8, 4) is 0 Å². The van der Waals surface area contributed by atoms with Crippen molar-refractivity contribution in [2.75, 3.05) is 5.32 Å². The van der Waals surface area contributed by atoms with Crippen molar-refractivity contribution in [1.82, 2.24) is 0 Å². The van der Waals surface area contributed by atoms with E-state index in [9.17, 15) is 4.79 Å². The minimum Gasteiger partial charge on any atom is -0.464 e. The van der Waals surface area contributed by atoms with Crippen LogP contribution in [-0.2, 0) is 11.2 Å². The number of rotatable bonds is 3. The quantitative estimate of drug-likeness (QED) is 0.548. The van der Waals surface area contributed by atoms with E-state index in [2.05, 4.69) is 31.3 Å². The van der Waals surface area contributed by atoms with Gasteiger partial charge in [0.15, 0.2) is 0 Å². The maximum atomic E-state index is 12.5. The third-order valence-corrected chi connectivity index (χ3v) is 4.65. The number of nitrogens with one attached hydrogen (secondary N) is 1. The van der Waals surface area contributed by atoms with Crippen LogP contribution in [-0.4, -0.2) is 5.91 Å². The van der Waals surface area contributed by atoms with Crippen molar-refractivity contribution in [3.05, 3.63) is 77.6 Å². The molecular formula is C22H19NO2. The number of carbonyl (C=O) groups is 1. The van der Waals surface area contributed by atoms with Crippen LogP contribution >= 0.6 is 0 Å². The zero-order chi connectivity index (χ0) is 17.4. The van der Waals surface area contributed by atoms with Gasteiger partial charge in [-0.05, 0) is 60.0 Å². The lowest BCUT2D eigenvalue weighted by Crippen LogP contribution is -2.14. The van der Waals surface area contributed by atoms with Crippen molar-refractivity contribution in [2.24, 2.45) is 0 Å². The first-order valence-corrected chi connectivity index (χ1v) is 8.36. The monoisotopic (exact) mass is 329 g/mol. The molecule has 0 radical (unpaired) electrons. The van der Waals surface area contributed by atoms with Gasteiger partial charge in [-0.3, -0.25) is 4.79 Å². The summed E-state index contributed by atoms with van der Waals surface area (Å²) in [4.78, 5) is 12.5. The highest BCUT2D eigenvalue weighted by molar-refractivity contribution is 5.97. The Morgan fingerprint density at radius 1 is 0.960 bits per heavy atom. The molecule has 4 aromatic rings.